The molecule has 1 aromatic heterocycles. The summed E-state index contributed by atoms with van der Waals surface area (Å²) in [5.74, 6) is 3.23. The SMILES string of the molecule is C#CC(Sc1ccc2scc(CONC(=O)CCS)c2c1)C(C)(C)C. The van der Waals surface area contributed by atoms with Gasteiger partial charge in [-0.1, -0.05) is 26.7 Å². The smallest absolute Gasteiger partial charge is 0.244 e. The van der Waals surface area contributed by atoms with Crippen LogP contribution in [0.5, 0.6) is 0 Å². The zero-order valence-electron chi connectivity index (χ0n) is 14.7. The third-order valence-corrected chi connectivity index (χ3v) is 6.41. The number of nitrogens with one attached hydrogen (secondary N) is 1. The van der Waals surface area contributed by atoms with E-state index in [0.29, 0.717) is 18.8 Å². The summed E-state index contributed by atoms with van der Waals surface area (Å²) in [7, 11) is 0. The first-order valence-corrected chi connectivity index (χ1v) is 10.4. The van der Waals surface area contributed by atoms with Gasteiger partial charge in [0.05, 0.1) is 5.25 Å². The van der Waals surface area contributed by atoms with Crippen molar-refractivity contribution < 1.29 is 9.63 Å². The van der Waals surface area contributed by atoms with Crippen LogP contribution in [0.1, 0.15) is 32.8 Å². The number of thiol groups is 1. The highest BCUT2D eigenvalue weighted by Crippen LogP contribution is 2.37. The summed E-state index contributed by atoms with van der Waals surface area (Å²) < 4.78 is 1.19. The molecule has 6 heteroatoms. The summed E-state index contributed by atoms with van der Waals surface area (Å²) in [6, 6.07) is 6.38. The standard InChI is InChI=1S/C19H23NO2S3/c1-5-17(19(2,3)4)25-14-6-7-16-15(10-14)13(12-24-16)11-22-20-18(21)8-9-23/h1,6-7,10,12,17,23H,8-9,11H2,2-4H3,(H,20,21). The van der Waals surface area contributed by atoms with Crippen LogP contribution in [0.3, 0.4) is 0 Å². The van der Waals surface area contributed by atoms with Gasteiger partial charge in [0, 0.05) is 16.0 Å². The summed E-state index contributed by atoms with van der Waals surface area (Å²) in [4.78, 5) is 17.9. The first-order valence-electron chi connectivity index (χ1n) is 7.99. The Hall–Kier alpha value is -1.13. The van der Waals surface area contributed by atoms with E-state index >= 15 is 0 Å². The molecule has 0 aliphatic carbocycles. The van der Waals surface area contributed by atoms with E-state index in [2.05, 4.69) is 68.4 Å². The van der Waals surface area contributed by atoms with Gasteiger partial charge in [0.1, 0.15) is 6.61 Å². The van der Waals surface area contributed by atoms with Crippen molar-refractivity contribution in [2.45, 2.75) is 43.9 Å². The number of hydrogen-bond acceptors (Lipinski definition) is 5. The molecule has 0 spiro atoms. The number of terminal acetylenes is 1. The Balaban J connectivity index is 2.11. The van der Waals surface area contributed by atoms with E-state index in [1.807, 2.05) is 0 Å². The average Bonchev–Trinajstić information content (AvgIpc) is 2.94. The quantitative estimate of drug-likeness (QED) is 0.304. The van der Waals surface area contributed by atoms with E-state index in [1.165, 1.54) is 4.70 Å². The molecule has 1 amide bonds. The molecule has 1 aromatic carbocycles. The fourth-order valence-corrected chi connectivity index (χ4v) is 4.35. The minimum Gasteiger partial charge on any atom is -0.273 e. The average molecular weight is 394 g/mol. The number of carbonyl (C=O) groups excluding carboxylic acids is 1. The molecule has 1 heterocycles. The van der Waals surface area contributed by atoms with E-state index in [0.717, 1.165) is 15.8 Å². The number of thioether (sulfide) groups is 1. The topological polar surface area (TPSA) is 38.3 Å². The maximum Gasteiger partial charge on any atom is 0.244 e. The predicted octanol–water partition coefficient (Wildman–Crippen LogP) is 4.91. The van der Waals surface area contributed by atoms with Crippen molar-refractivity contribution in [2.24, 2.45) is 5.41 Å². The summed E-state index contributed by atoms with van der Waals surface area (Å²) in [6.45, 7) is 6.80. The van der Waals surface area contributed by atoms with Crippen molar-refractivity contribution in [1.82, 2.24) is 5.48 Å². The molecule has 2 aromatic rings. The van der Waals surface area contributed by atoms with Crippen LogP contribution in [0.4, 0.5) is 0 Å². The lowest BCUT2D eigenvalue weighted by Crippen LogP contribution is -2.23. The van der Waals surface area contributed by atoms with Crippen molar-refractivity contribution in [1.29, 1.82) is 0 Å². The van der Waals surface area contributed by atoms with Crippen molar-refractivity contribution >= 4 is 51.7 Å². The third-order valence-electron chi connectivity index (χ3n) is 3.57. The second-order valence-electron chi connectivity index (χ2n) is 6.74. The number of thiophene rings is 1. The lowest BCUT2D eigenvalue weighted by atomic mass is 9.92. The van der Waals surface area contributed by atoms with Gasteiger partial charge in [0.15, 0.2) is 0 Å². The van der Waals surface area contributed by atoms with E-state index in [9.17, 15) is 4.79 Å². The summed E-state index contributed by atoms with van der Waals surface area (Å²) >= 11 is 7.40. The number of benzene rings is 1. The van der Waals surface area contributed by atoms with Crippen LogP contribution in [-0.2, 0) is 16.2 Å². The molecule has 2 rings (SSSR count). The molecule has 3 nitrogen and oxygen atoms in total. The van der Waals surface area contributed by atoms with Crippen LogP contribution < -0.4 is 5.48 Å². The first kappa shape index (κ1) is 20.2. The van der Waals surface area contributed by atoms with Crippen molar-refractivity contribution in [3.05, 3.63) is 29.1 Å². The van der Waals surface area contributed by atoms with Crippen LogP contribution >= 0.6 is 35.7 Å². The van der Waals surface area contributed by atoms with Crippen LogP contribution in [0.15, 0.2) is 28.5 Å². The molecular formula is C19H23NO2S3. The van der Waals surface area contributed by atoms with Crippen molar-refractivity contribution in [3.8, 4) is 12.3 Å². The number of fused-ring (bicyclic) bond motifs is 1. The highest BCUT2D eigenvalue weighted by atomic mass is 32.2. The molecule has 0 radical (unpaired) electrons. The van der Waals surface area contributed by atoms with E-state index in [-0.39, 0.29) is 16.6 Å². The van der Waals surface area contributed by atoms with Gasteiger partial charge in [0.2, 0.25) is 5.91 Å². The van der Waals surface area contributed by atoms with Gasteiger partial charge >= 0.3 is 0 Å². The Morgan fingerprint density at radius 3 is 2.88 bits per heavy atom. The van der Waals surface area contributed by atoms with Crippen LogP contribution in [0.25, 0.3) is 10.1 Å². The number of amides is 1. The van der Waals surface area contributed by atoms with E-state index in [4.69, 9.17) is 11.3 Å². The Kier molecular flexibility index (Phi) is 7.26. The Morgan fingerprint density at radius 1 is 1.48 bits per heavy atom. The molecule has 0 fully saturated rings. The molecule has 1 N–H and O–H groups in total. The number of hydrogen-bond donors (Lipinski definition) is 2. The molecule has 1 unspecified atom stereocenters. The summed E-state index contributed by atoms with van der Waals surface area (Å²) in [5.41, 5.74) is 3.54. The minimum atomic E-state index is -0.159. The molecule has 0 bridgehead atoms. The van der Waals surface area contributed by atoms with Gasteiger partial charge in [-0.3, -0.25) is 9.63 Å². The second kappa shape index (κ2) is 9.00. The molecule has 0 aliphatic rings. The highest BCUT2D eigenvalue weighted by molar-refractivity contribution is 8.00. The van der Waals surface area contributed by atoms with Crippen LogP contribution in [0, 0.1) is 17.8 Å². The Bertz CT molecular complexity index is 771. The van der Waals surface area contributed by atoms with Crippen molar-refractivity contribution in [3.63, 3.8) is 0 Å². The molecule has 0 saturated heterocycles. The van der Waals surface area contributed by atoms with Gasteiger partial charge in [-0.15, -0.1) is 29.5 Å². The molecule has 134 valence electrons. The normalized spacial score (nSPS) is 12.8. The second-order valence-corrected chi connectivity index (χ2v) is 9.27. The Morgan fingerprint density at radius 2 is 2.24 bits per heavy atom. The largest absolute Gasteiger partial charge is 0.273 e. The summed E-state index contributed by atoms with van der Waals surface area (Å²) in [6.07, 6.45) is 6.06. The van der Waals surface area contributed by atoms with Gasteiger partial charge in [-0.2, -0.15) is 12.6 Å². The fourth-order valence-electron chi connectivity index (χ4n) is 2.19. The molecule has 1 atom stereocenters. The fraction of sp³-hybridized carbons (Fsp3) is 0.421. The lowest BCUT2D eigenvalue weighted by molar-refractivity contribution is -0.134. The van der Waals surface area contributed by atoms with E-state index < -0.39 is 0 Å². The maximum atomic E-state index is 11.4. The van der Waals surface area contributed by atoms with Crippen molar-refractivity contribution in [2.75, 3.05) is 5.75 Å². The van der Waals surface area contributed by atoms with Gasteiger partial charge in [0.25, 0.3) is 0 Å². The predicted molar refractivity (Wildman–Crippen MR) is 111 cm³/mol. The molecule has 0 saturated carbocycles. The van der Waals surface area contributed by atoms with Crippen LogP contribution in [-0.4, -0.2) is 16.9 Å². The Labute approximate surface area is 163 Å². The number of carbonyl (C=O) groups is 1. The minimum absolute atomic E-state index is 0.0340. The molecule has 25 heavy (non-hydrogen) atoms. The molecule has 0 aliphatic heterocycles. The van der Waals surface area contributed by atoms with Crippen LogP contribution in [0.2, 0.25) is 0 Å². The number of hydroxylamine groups is 1. The lowest BCUT2D eigenvalue weighted by Gasteiger charge is -2.25. The highest BCUT2D eigenvalue weighted by Gasteiger charge is 2.23. The summed E-state index contributed by atoms with van der Waals surface area (Å²) in [5, 5.41) is 3.30. The number of rotatable bonds is 7. The maximum absolute atomic E-state index is 11.4. The zero-order valence-corrected chi connectivity index (χ0v) is 17.2. The van der Waals surface area contributed by atoms with E-state index in [1.54, 1.807) is 23.1 Å². The van der Waals surface area contributed by atoms with Gasteiger partial charge in [-0.25, -0.2) is 5.48 Å². The monoisotopic (exact) mass is 393 g/mol. The third kappa shape index (κ3) is 5.68. The molecular weight excluding hydrogens is 370 g/mol. The first-order chi connectivity index (χ1) is 11.8. The van der Waals surface area contributed by atoms with Gasteiger partial charge < -0.3 is 0 Å². The van der Waals surface area contributed by atoms with Gasteiger partial charge in [-0.05, 0) is 45.7 Å². The zero-order chi connectivity index (χ0) is 18.4.